The maximum atomic E-state index is 13.4. The van der Waals surface area contributed by atoms with E-state index in [0.717, 1.165) is 11.1 Å². The van der Waals surface area contributed by atoms with Crippen LogP contribution in [0.15, 0.2) is 59.6 Å². The summed E-state index contributed by atoms with van der Waals surface area (Å²) in [6, 6.07) is 15.6. The fraction of sp³-hybridized carbons (Fsp3) is 0.381. The molecule has 2 rings (SSSR count). The van der Waals surface area contributed by atoms with Gasteiger partial charge in [0, 0.05) is 26.7 Å². The first-order chi connectivity index (χ1) is 13.4. The molecule has 5 nitrogen and oxygen atoms in total. The summed E-state index contributed by atoms with van der Waals surface area (Å²) >= 11 is 0. The number of rotatable bonds is 9. The predicted octanol–water partition coefficient (Wildman–Crippen LogP) is 3.23. The molecule has 0 fully saturated rings. The summed E-state index contributed by atoms with van der Waals surface area (Å²) in [7, 11) is -1.29. The van der Waals surface area contributed by atoms with Gasteiger partial charge in [-0.1, -0.05) is 42.5 Å². The SMILES string of the molecule is CCNC(=NCCCS(=O)(=O)Cc1ccccc1)N(C)Cc1cccc(F)c1. The standard InChI is InChI=1S/C21H28FN3O2S/c1-3-23-21(25(2)16-19-11-7-12-20(22)15-19)24-13-8-14-28(26,27)17-18-9-5-4-6-10-18/h4-7,9-12,15H,3,8,13-14,16-17H2,1-2H3,(H,23,24). The summed E-state index contributed by atoms with van der Waals surface area (Å²) in [6.07, 6.45) is 0.456. The summed E-state index contributed by atoms with van der Waals surface area (Å²) in [4.78, 5) is 6.41. The topological polar surface area (TPSA) is 61.8 Å². The number of guanidine groups is 1. The van der Waals surface area contributed by atoms with Crippen LogP contribution in [0.5, 0.6) is 0 Å². The highest BCUT2D eigenvalue weighted by Gasteiger charge is 2.12. The van der Waals surface area contributed by atoms with E-state index in [1.807, 2.05) is 55.3 Å². The van der Waals surface area contributed by atoms with Gasteiger partial charge in [-0.15, -0.1) is 0 Å². The van der Waals surface area contributed by atoms with E-state index in [0.29, 0.717) is 32.0 Å². The predicted molar refractivity (Wildman–Crippen MR) is 112 cm³/mol. The van der Waals surface area contributed by atoms with Crippen molar-refractivity contribution >= 4 is 15.8 Å². The minimum absolute atomic E-state index is 0.0527. The third-order valence-electron chi connectivity index (χ3n) is 4.11. The number of nitrogens with zero attached hydrogens (tertiary/aromatic N) is 2. The molecule has 0 saturated heterocycles. The number of halogens is 1. The average molecular weight is 406 g/mol. The van der Waals surface area contributed by atoms with Gasteiger partial charge in [0.25, 0.3) is 0 Å². The highest BCUT2D eigenvalue weighted by molar-refractivity contribution is 7.90. The Morgan fingerprint density at radius 2 is 1.82 bits per heavy atom. The van der Waals surface area contributed by atoms with Gasteiger partial charge in [-0.25, -0.2) is 12.8 Å². The molecule has 0 atom stereocenters. The van der Waals surface area contributed by atoms with Crippen LogP contribution in [0, 0.1) is 5.82 Å². The number of sulfone groups is 1. The van der Waals surface area contributed by atoms with Crippen LogP contribution in [-0.4, -0.2) is 45.2 Å². The zero-order valence-electron chi connectivity index (χ0n) is 16.4. The number of hydrogen-bond donors (Lipinski definition) is 1. The van der Waals surface area contributed by atoms with Crippen LogP contribution < -0.4 is 5.32 Å². The van der Waals surface area contributed by atoms with Gasteiger partial charge < -0.3 is 10.2 Å². The first-order valence-electron chi connectivity index (χ1n) is 9.38. The Balaban J connectivity index is 1.89. The van der Waals surface area contributed by atoms with E-state index in [1.165, 1.54) is 12.1 Å². The average Bonchev–Trinajstić information content (AvgIpc) is 2.64. The molecule has 0 unspecified atom stereocenters. The highest BCUT2D eigenvalue weighted by atomic mass is 32.2. The minimum Gasteiger partial charge on any atom is -0.357 e. The van der Waals surface area contributed by atoms with E-state index in [-0.39, 0.29) is 17.3 Å². The van der Waals surface area contributed by atoms with Crippen LogP contribution >= 0.6 is 0 Å². The Hall–Kier alpha value is -2.41. The molecule has 1 N–H and O–H groups in total. The molecule has 0 spiro atoms. The zero-order valence-corrected chi connectivity index (χ0v) is 17.3. The van der Waals surface area contributed by atoms with E-state index in [2.05, 4.69) is 10.3 Å². The van der Waals surface area contributed by atoms with Gasteiger partial charge in [0.1, 0.15) is 5.82 Å². The van der Waals surface area contributed by atoms with Gasteiger partial charge in [-0.05, 0) is 36.6 Å². The molecule has 0 aliphatic rings. The Labute approximate surface area is 167 Å². The van der Waals surface area contributed by atoms with Crippen molar-refractivity contribution in [2.45, 2.75) is 25.6 Å². The quantitative estimate of drug-likeness (QED) is 0.395. The second kappa shape index (κ2) is 10.8. The molecule has 0 heterocycles. The Morgan fingerprint density at radius 1 is 1.11 bits per heavy atom. The Kier molecular flexibility index (Phi) is 8.44. The van der Waals surface area contributed by atoms with Crippen LogP contribution in [0.4, 0.5) is 4.39 Å². The maximum Gasteiger partial charge on any atom is 0.193 e. The lowest BCUT2D eigenvalue weighted by Crippen LogP contribution is -2.38. The van der Waals surface area contributed by atoms with Gasteiger partial charge >= 0.3 is 0 Å². The number of benzene rings is 2. The summed E-state index contributed by atoms with van der Waals surface area (Å²) in [6.45, 7) is 3.58. The first-order valence-corrected chi connectivity index (χ1v) is 11.2. The molecule has 0 radical (unpaired) electrons. The maximum absolute atomic E-state index is 13.4. The lowest BCUT2D eigenvalue weighted by atomic mass is 10.2. The zero-order chi connectivity index (χ0) is 20.4. The second-order valence-corrected chi connectivity index (χ2v) is 8.84. The van der Waals surface area contributed by atoms with Gasteiger partial charge in [0.15, 0.2) is 15.8 Å². The molecule has 28 heavy (non-hydrogen) atoms. The van der Waals surface area contributed by atoms with Crippen LogP contribution in [-0.2, 0) is 22.1 Å². The highest BCUT2D eigenvalue weighted by Crippen LogP contribution is 2.08. The largest absolute Gasteiger partial charge is 0.357 e. The first kappa shape index (κ1) is 21.9. The molecular formula is C21H28FN3O2S. The van der Waals surface area contributed by atoms with Crippen LogP contribution in [0.2, 0.25) is 0 Å². The van der Waals surface area contributed by atoms with Gasteiger partial charge in [0.2, 0.25) is 0 Å². The summed E-state index contributed by atoms with van der Waals surface area (Å²) < 4.78 is 37.9. The Bertz CT molecular complexity index is 870. The molecule has 2 aromatic carbocycles. The van der Waals surface area contributed by atoms with Crippen LogP contribution in [0.3, 0.4) is 0 Å². The molecule has 7 heteroatoms. The van der Waals surface area contributed by atoms with Crippen LogP contribution in [0.25, 0.3) is 0 Å². The summed E-state index contributed by atoms with van der Waals surface area (Å²) in [5.41, 5.74) is 1.65. The van der Waals surface area contributed by atoms with Crippen molar-refractivity contribution in [3.05, 3.63) is 71.5 Å². The lowest BCUT2D eigenvalue weighted by Gasteiger charge is -2.22. The fourth-order valence-electron chi connectivity index (χ4n) is 2.82. The molecule has 152 valence electrons. The third kappa shape index (κ3) is 7.68. The molecular weight excluding hydrogens is 377 g/mol. The Morgan fingerprint density at radius 3 is 2.50 bits per heavy atom. The van der Waals surface area contributed by atoms with Crippen molar-refractivity contribution in [2.75, 3.05) is 25.9 Å². The molecule has 2 aromatic rings. The van der Waals surface area contributed by atoms with Crippen molar-refractivity contribution < 1.29 is 12.8 Å². The number of hydrogen-bond acceptors (Lipinski definition) is 3. The molecule has 0 aliphatic carbocycles. The van der Waals surface area contributed by atoms with Gasteiger partial charge in [0.05, 0.1) is 11.5 Å². The van der Waals surface area contributed by atoms with E-state index >= 15 is 0 Å². The van der Waals surface area contributed by atoms with Crippen molar-refractivity contribution in [2.24, 2.45) is 4.99 Å². The van der Waals surface area contributed by atoms with E-state index in [4.69, 9.17) is 0 Å². The third-order valence-corrected chi connectivity index (χ3v) is 5.79. The minimum atomic E-state index is -3.16. The van der Waals surface area contributed by atoms with E-state index < -0.39 is 9.84 Å². The van der Waals surface area contributed by atoms with Gasteiger partial charge in [-0.2, -0.15) is 0 Å². The molecule has 0 amide bonds. The van der Waals surface area contributed by atoms with Crippen molar-refractivity contribution in [1.82, 2.24) is 10.2 Å². The molecule has 0 saturated carbocycles. The fourth-order valence-corrected chi connectivity index (χ4v) is 4.24. The second-order valence-electron chi connectivity index (χ2n) is 6.65. The summed E-state index contributed by atoms with van der Waals surface area (Å²) in [5, 5.41) is 3.19. The van der Waals surface area contributed by atoms with E-state index in [1.54, 1.807) is 6.07 Å². The normalized spacial score (nSPS) is 12.0. The number of nitrogens with one attached hydrogen (secondary N) is 1. The monoisotopic (exact) mass is 405 g/mol. The molecule has 0 bridgehead atoms. The van der Waals surface area contributed by atoms with E-state index in [9.17, 15) is 12.8 Å². The lowest BCUT2D eigenvalue weighted by molar-refractivity contribution is 0.475. The smallest absolute Gasteiger partial charge is 0.193 e. The van der Waals surface area contributed by atoms with Crippen molar-refractivity contribution in [1.29, 1.82) is 0 Å². The summed E-state index contributed by atoms with van der Waals surface area (Å²) in [5.74, 6) is 0.555. The van der Waals surface area contributed by atoms with Crippen LogP contribution in [0.1, 0.15) is 24.5 Å². The van der Waals surface area contributed by atoms with Gasteiger partial charge in [-0.3, -0.25) is 4.99 Å². The molecule has 0 aromatic heterocycles. The van der Waals surface area contributed by atoms with Crippen molar-refractivity contribution in [3.63, 3.8) is 0 Å². The van der Waals surface area contributed by atoms with Crippen molar-refractivity contribution in [3.8, 4) is 0 Å². The molecule has 0 aliphatic heterocycles. The number of aliphatic imine (C=N–C) groups is 1.